The standard InChI is InChI=1S/C24H17ClFN3O3/c1-31-24(30)22-19(21(25)18-12-17(26)7-8-20(18)32-22)11-16(13-27)23-28-9-10-29(23)14-15-5-3-2-4-6-15/h2-12,22H,14H2,1H3/b16-11-. The van der Waals surface area contributed by atoms with Gasteiger partial charge in [-0.25, -0.2) is 14.2 Å². The Hall–Kier alpha value is -3.89. The predicted molar refractivity (Wildman–Crippen MR) is 117 cm³/mol. The first kappa shape index (κ1) is 21.3. The van der Waals surface area contributed by atoms with Gasteiger partial charge in [-0.1, -0.05) is 41.9 Å². The van der Waals surface area contributed by atoms with Crippen molar-refractivity contribution in [3.63, 3.8) is 0 Å². The second-order valence-electron chi connectivity index (χ2n) is 6.97. The van der Waals surface area contributed by atoms with Crippen LogP contribution in [0.3, 0.4) is 0 Å². The molecule has 0 aliphatic carbocycles. The minimum Gasteiger partial charge on any atom is -0.473 e. The first-order chi connectivity index (χ1) is 15.5. The Balaban J connectivity index is 1.81. The third kappa shape index (κ3) is 4.13. The van der Waals surface area contributed by atoms with E-state index in [0.717, 1.165) is 5.56 Å². The maximum Gasteiger partial charge on any atom is 0.351 e. The highest BCUT2D eigenvalue weighted by Gasteiger charge is 2.34. The van der Waals surface area contributed by atoms with Gasteiger partial charge >= 0.3 is 5.97 Å². The van der Waals surface area contributed by atoms with Crippen LogP contribution in [-0.2, 0) is 16.1 Å². The van der Waals surface area contributed by atoms with Crippen LogP contribution >= 0.6 is 11.6 Å². The molecule has 32 heavy (non-hydrogen) atoms. The van der Waals surface area contributed by atoms with Gasteiger partial charge in [0, 0.05) is 30.1 Å². The molecule has 2 aromatic carbocycles. The van der Waals surface area contributed by atoms with Crippen molar-refractivity contribution in [1.29, 1.82) is 5.26 Å². The lowest BCUT2D eigenvalue weighted by Gasteiger charge is -2.26. The number of ether oxygens (including phenoxy) is 2. The Morgan fingerprint density at radius 1 is 1.34 bits per heavy atom. The number of methoxy groups -OCH3 is 1. The maximum atomic E-state index is 13.8. The SMILES string of the molecule is COC(=O)C1Oc2ccc(F)cc2C(Cl)=C1/C=C(/C#N)c1nccn1Cc1ccccc1. The molecule has 160 valence electrons. The zero-order valence-electron chi connectivity index (χ0n) is 17.0. The van der Waals surface area contributed by atoms with E-state index in [0.29, 0.717) is 12.4 Å². The van der Waals surface area contributed by atoms with E-state index >= 15 is 0 Å². The fourth-order valence-electron chi connectivity index (χ4n) is 3.42. The Bertz CT molecular complexity index is 1280. The Morgan fingerprint density at radius 3 is 2.84 bits per heavy atom. The van der Waals surface area contributed by atoms with Crippen molar-refractivity contribution in [1.82, 2.24) is 9.55 Å². The normalized spacial score (nSPS) is 15.6. The summed E-state index contributed by atoms with van der Waals surface area (Å²) in [6, 6.07) is 15.6. The lowest BCUT2D eigenvalue weighted by molar-refractivity contribution is -0.146. The van der Waals surface area contributed by atoms with Crippen molar-refractivity contribution in [2.45, 2.75) is 12.6 Å². The number of fused-ring (bicyclic) bond motifs is 1. The van der Waals surface area contributed by atoms with E-state index in [1.54, 1.807) is 12.4 Å². The summed E-state index contributed by atoms with van der Waals surface area (Å²) >= 11 is 6.56. The summed E-state index contributed by atoms with van der Waals surface area (Å²) in [7, 11) is 1.22. The second kappa shape index (κ2) is 9.08. The quantitative estimate of drug-likeness (QED) is 0.421. The largest absolute Gasteiger partial charge is 0.473 e. The lowest BCUT2D eigenvalue weighted by atomic mass is 9.98. The molecule has 0 amide bonds. The molecule has 0 saturated heterocycles. The number of imidazole rings is 1. The number of allylic oxidation sites excluding steroid dienone is 1. The molecule has 4 rings (SSSR count). The minimum absolute atomic E-state index is 0.0927. The van der Waals surface area contributed by atoms with Gasteiger partial charge in [0.15, 0.2) is 5.82 Å². The highest BCUT2D eigenvalue weighted by atomic mass is 35.5. The van der Waals surface area contributed by atoms with E-state index in [2.05, 4.69) is 11.1 Å². The van der Waals surface area contributed by atoms with Gasteiger partial charge in [0.2, 0.25) is 6.10 Å². The van der Waals surface area contributed by atoms with E-state index in [1.165, 1.54) is 31.4 Å². The Labute approximate surface area is 188 Å². The smallest absolute Gasteiger partial charge is 0.351 e. The molecule has 0 N–H and O–H groups in total. The van der Waals surface area contributed by atoms with E-state index in [-0.39, 0.29) is 27.5 Å². The second-order valence-corrected chi connectivity index (χ2v) is 7.34. The van der Waals surface area contributed by atoms with E-state index < -0.39 is 17.9 Å². The summed E-state index contributed by atoms with van der Waals surface area (Å²) in [4.78, 5) is 16.7. The van der Waals surface area contributed by atoms with Crippen LogP contribution in [0.25, 0.3) is 10.6 Å². The molecule has 0 saturated carbocycles. The number of carbonyl (C=O) groups excluding carboxylic acids is 1. The number of hydrogen-bond acceptors (Lipinski definition) is 5. The summed E-state index contributed by atoms with van der Waals surface area (Å²) in [6.07, 6.45) is 3.55. The number of hydrogen-bond donors (Lipinski definition) is 0. The van der Waals surface area contributed by atoms with Crippen LogP contribution < -0.4 is 4.74 Å². The number of halogens is 2. The zero-order valence-corrected chi connectivity index (χ0v) is 17.7. The fourth-order valence-corrected chi connectivity index (χ4v) is 3.72. The predicted octanol–water partition coefficient (Wildman–Crippen LogP) is 4.56. The maximum absolute atomic E-state index is 13.8. The van der Waals surface area contributed by atoms with Crippen LogP contribution in [0.4, 0.5) is 4.39 Å². The van der Waals surface area contributed by atoms with Crippen LogP contribution in [0.15, 0.2) is 72.6 Å². The van der Waals surface area contributed by atoms with E-state index in [9.17, 15) is 14.4 Å². The van der Waals surface area contributed by atoms with Gasteiger partial charge in [0.25, 0.3) is 0 Å². The average Bonchev–Trinajstić information content (AvgIpc) is 3.26. The van der Waals surface area contributed by atoms with Crippen molar-refractivity contribution in [2.24, 2.45) is 0 Å². The molecule has 0 fully saturated rings. The number of rotatable bonds is 5. The molecule has 0 spiro atoms. The van der Waals surface area contributed by atoms with Gasteiger partial charge in [-0.3, -0.25) is 0 Å². The van der Waals surface area contributed by atoms with Crippen molar-refractivity contribution in [3.05, 3.63) is 95.3 Å². The van der Waals surface area contributed by atoms with Crippen LogP contribution in [0.5, 0.6) is 5.75 Å². The van der Waals surface area contributed by atoms with Gasteiger partial charge in [0.1, 0.15) is 17.6 Å². The van der Waals surface area contributed by atoms with Gasteiger partial charge in [0.05, 0.1) is 17.7 Å². The van der Waals surface area contributed by atoms with Gasteiger partial charge in [-0.15, -0.1) is 0 Å². The van der Waals surface area contributed by atoms with Crippen molar-refractivity contribution < 1.29 is 18.7 Å². The van der Waals surface area contributed by atoms with Crippen molar-refractivity contribution in [3.8, 4) is 11.8 Å². The highest BCUT2D eigenvalue weighted by molar-refractivity contribution is 6.50. The van der Waals surface area contributed by atoms with Gasteiger partial charge < -0.3 is 14.0 Å². The molecule has 0 radical (unpaired) electrons. The van der Waals surface area contributed by atoms with E-state index in [4.69, 9.17) is 21.1 Å². The molecule has 1 aliphatic rings. The third-order valence-corrected chi connectivity index (χ3v) is 5.37. The molecule has 2 heterocycles. The summed E-state index contributed by atoms with van der Waals surface area (Å²) in [6.45, 7) is 0.493. The first-order valence-corrected chi connectivity index (χ1v) is 10.0. The minimum atomic E-state index is -1.22. The number of nitrogens with zero attached hydrogens (tertiary/aromatic N) is 3. The molecule has 8 heteroatoms. The first-order valence-electron chi connectivity index (χ1n) is 9.63. The average molecular weight is 450 g/mol. The number of nitriles is 1. The zero-order chi connectivity index (χ0) is 22.7. The summed E-state index contributed by atoms with van der Waals surface area (Å²) in [5.74, 6) is -0.575. The van der Waals surface area contributed by atoms with Crippen molar-refractivity contribution in [2.75, 3.05) is 7.11 Å². The fraction of sp³-hybridized carbons (Fsp3) is 0.125. The third-order valence-electron chi connectivity index (χ3n) is 4.95. The molecule has 0 bridgehead atoms. The molecular formula is C24H17ClFN3O3. The van der Waals surface area contributed by atoms with Crippen LogP contribution in [-0.4, -0.2) is 28.7 Å². The number of benzene rings is 2. The van der Waals surface area contributed by atoms with Crippen LogP contribution in [0, 0.1) is 17.1 Å². The molecule has 3 aromatic rings. The topological polar surface area (TPSA) is 77.1 Å². The molecule has 1 unspecified atom stereocenters. The van der Waals surface area contributed by atoms with Gasteiger partial charge in [-0.05, 0) is 29.8 Å². The summed E-state index contributed by atoms with van der Waals surface area (Å²) in [5.41, 5.74) is 1.65. The molecule has 1 aromatic heterocycles. The van der Waals surface area contributed by atoms with Crippen LogP contribution in [0.1, 0.15) is 17.0 Å². The molecule has 1 aliphatic heterocycles. The van der Waals surface area contributed by atoms with Crippen molar-refractivity contribution >= 4 is 28.2 Å². The van der Waals surface area contributed by atoms with E-state index in [1.807, 2.05) is 34.9 Å². The number of aromatic nitrogens is 2. The summed E-state index contributed by atoms with van der Waals surface area (Å²) in [5, 5.41) is 9.97. The summed E-state index contributed by atoms with van der Waals surface area (Å²) < 4.78 is 26.2. The Morgan fingerprint density at radius 2 is 2.12 bits per heavy atom. The van der Waals surface area contributed by atoms with Gasteiger partial charge in [-0.2, -0.15) is 5.26 Å². The Kier molecular flexibility index (Phi) is 6.06. The highest BCUT2D eigenvalue weighted by Crippen LogP contribution is 2.40. The molecule has 6 nitrogen and oxygen atoms in total. The lowest BCUT2D eigenvalue weighted by Crippen LogP contribution is -2.33. The molecule has 1 atom stereocenters. The monoisotopic (exact) mass is 449 g/mol. The number of carbonyl (C=O) groups is 1. The van der Waals surface area contributed by atoms with Crippen LogP contribution in [0.2, 0.25) is 0 Å². The number of esters is 1. The molecular weight excluding hydrogens is 433 g/mol.